The molecule has 2 heterocycles. The van der Waals surface area contributed by atoms with Crippen molar-refractivity contribution in [1.29, 1.82) is 0 Å². The topological polar surface area (TPSA) is 58.1 Å². The van der Waals surface area contributed by atoms with E-state index in [1.807, 2.05) is 12.1 Å². The first kappa shape index (κ1) is 17.4. The molecule has 1 saturated heterocycles. The molecule has 0 aliphatic carbocycles. The standard InChI is InChI=1S/C20H26N4O/c1-16-6-5-7-17(14-16)8-9-20(25)22-15-18-21-11-10-19(23-18)24-12-3-2-4-13-24/h5-7,10-11,14H,2-4,8-9,12-13,15H2,1H3,(H,22,25). The Morgan fingerprint density at radius 3 is 2.84 bits per heavy atom. The number of nitrogens with one attached hydrogen (secondary N) is 1. The molecular formula is C20H26N4O. The van der Waals surface area contributed by atoms with Crippen LogP contribution in [0.3, 0.4) is 0 Å². The zero-order chi connectivity index (χ0) is 17.5. The molecule has 1 aliphatic heterocycles. The fraction of sp³-hybridized carbons (Fsp3) is 0.450. The second-order valence-corrected chi connectivity index (χ2v) is 6.64. The Labute approximate surface area is 149 Å². The number of rotatable bonds is 6. The average Bonchev–Trinajstić information content (AvgIpc) is 2.66. The van der Waals surface area contributed by atoms with Crippen LogP contribution in [0.4, 0.5) is 5.82 Å². The van der Waals surface area contributed by atoms with Gasteiger partial charge < -0.3 is 10.2 Å². The van der Waals surface area contributed by atoms with Crippen LogP contribution in [-0.2, 0) is 17.8 Å². The number of benzene rings is 1. The number of hydrogen-bond donors (Lipinski definition) is 1. The summed E-state index contributed by atoms with van der Waals surface area (Å²) < 4.78 is 0. The molecule has 1 aromatic heterocycles. The van der Waals surface area contributed by atoms with E-state index in [9.17, 15) is 4.79 Å². The van der Waals surface area contributed by atoms with E-state index in [2.05, 4.69) is 45.3 Å². The molecule has 0 unspecified atom stereocenters. The summed E-state index contributed by atoms with van der Waals surface area (Å²) in [5.41, 5.74) is 2.42. The number of aromatic nitrogens is 2. The highest BCUT2D eigenvalue weighted by Gasteiger charge is 2.13. The molecule has 2 aromatic rings. The maximum Gasteiger partial charge on any atom is 0.220 e. The lowest BCUT2D eigenvalue weighted by Gasteiger charge is -2.27. The monoisotopic (exact) mass is 338 g/mol. The van der Waals surface area contributed by atoms with Crippen molar-refractivity contribution in [3.63, 3.8) is 0 Å². The second-order valence-electron chi connectivity index (χ2n) is 6.64. The van der Waals surface area contributed by atoms with E-state index in [4.69, 9.17) is 0 Å². The number of nitrogens with zero attached hydrogens (tertiary/aromatic N) is 3. The molecule has 0 atom stereocenters. The molecule has 1 fully saturated rings. The molecule has 1 aromatic carbocycles. The lowest BCUT2D eigenvalue weighted by Crippen LogP contribution is -2.31. The minimum Gasteiger partial charge on any atom is -0.357 e. The van der Waals surface area contributed by atoms with Gasteiger partial charge in [0.15, 0.2) is 0 Å². The van der Waals surface area contributed by atoms with Gasteiger partial charge >= 0.3 is 0 Å². The van der Waals surface area contributed by atoms with Crippen LogP contribution < -0.4 is 10.2 Å². The third-order valence-electron chi connectivity index (χ3n) is 4.54. The number of piperidine rings is 1. The van der Waals surface area contributed by atoms with E-state index < -0.39 is 0 Å². The fourth-order valence-corrected chi connectivity index (χ4v) is 3.16. The zero-order valence-corrected chi connectivity index (χ0v) is 14.9. The molecule has 3 rings (SSSR count). The van der Waals surface area contributed by atoms with Gasteiger partial charge in [-0.2, -0.15) is 0 Å². The molecule has 1 N–H and O–H groups in total. The van der Waals surface area contributed by atoms with E-state index in [-0.39, 0.29) is 5.91 Å². The summed E-state index contributed by atoms with van der Waals surface area (Å²) in [5, 5.41) is 2.93. The highest BCUT2D eigenvalue weighted by Crippen LogP contribution is 2.16. The number of aryl methyl sites for hydroxylation is 2. The molecule has 1 aliphatic rings. The van der Waals surface area contributed by atoms with E-state index in [1.165, 1.54) is 30.4 Å². The number of carbonyl (C=O) groups is 1. The lowest BCUT2D eigenvalue weighted by atomic mass is 10.1. The average molecular weight is 338 g/mol. The maximum absolute atomic E-state index is 12.1. The highest BCUT2D eigenvalue weighted by atomic mass is 16.1. The van der Waals surface area contributed by atoms with Gasteiger partial charge in [-0.3, -0.25) is 4.79 Å². The molecule has 0 bridgehead atoms. The van der Waals surface area contributed by atoms with E-state index in [0.717, 1.165) is 25.3 Å². The van der Waals surface area contributed by atoms with Crippen molar-refractivity contribution in [1.82, 2.24) is 15.3 Å². The van der Waals surface area contributed by atoms with Crippen LogP contribution in [-0.4, -0.2) is 29.0 Å². The summed E-state index contributed by atoms with van der Waals surface area (Å²) in [4.78, 5) is 23.3. The summed E-state index contributed by atoms with van der Waals surface area (Å²) in [5.74, 6) is 1.68. The zero-order valence-electron chi connectivity index (χ0n) is 14.9. The molecule has 0 saturated carbocycles. The fourth-order valence-electron chi connectivity index (χ4n) is 3.16. The Morgan fingerprint density at radius 2 is 2.04 bits per heavy atom. The van der Waals surface area contributed by atoms with Crippen LogP contribution in [0.5, 0.6) is 0 Å². The van der Waals surface area contributed by atoms with Crippen LogP contribution in [0.1, 0.15) is 42.6 Å². The molecule has 1 amide bonds. The van der Waals surface area contributed by atoms with Gasteiger partial charge in [0.1, 0.15) is 11.6 Å². The molecule has 5 nitrogen and oxygen atoms in total. The normalized spacial score (nSPS) is 14.4. The van der Waals surface area contributed by atoms with Crippen molar-refractivity contribution in [2.45, 2.75) is 45.6 Å². The van der Waals surface area contributed by atoms with Crippen molar-refractivity contribution in [2.24, 2.45) is 0 Å². The molecule has 5 heteroatoms. The summed E-state index contributed by atoms with van der Waals surface area (Å²) in [6.07, 6.45) is 6.75. The van der Waals surface area contributed by atoms with E-state index in [0.29, 0.717) is 18.8 Å². The van der Waals surface area contributed by atoms with Gasteiger partial charge in [0, 0.05) is 25.7 Å². The van der Waals surface area contributed by atoms with Gasteiger partial charge in [0.05, 0.1) is 6.54 Å². The molecule has 132 valence electrons. The van der Waals surface area contributed by atoms with Crippen LogP contribution in [0, 0.1) is 6.92 Å². The summed E-state index contributed by atoms with van der Waals surface area (Å²) in [6, 6.07) is 10.2. The molecule has 0 spiro atoms. The number of amides is 1. The summed E-state index contributed by atoms with van der Waals surface area (Å²) >= 11 is 0. The summed E-state index contributed by atoms with van der Waals surface area (Å²) in [7, 11) is 0. The Morgan fingerprint density at radius 1 is 1.20 bits per heavy atom. The summed E-state index contributed by atoms with van der Waals surface area (Å²) in [6.45, 7) is 4.56. The minimum atomic E-state index is 0.0356. The van der Waals surface area contributed by atoms with Gasteiger partial charge in [-0.1, -0.05) is 29.8 Å². The van der Waals surface area contributed by atoms with Gasteiger partial charge in [0.2, 0.25) is 5.91 Å². The SMILES string of the molecule is Cc1cccc(CCC(=O)NCc2nccc(N3CCCCC3)n2)c1. The minimum absolute atomic E-state index is 0.0356. The number of carbonyl (C=O) groups excluding carboxylic acids is 1. The van der Waals surface area contributed by atoms with Crippen LogP contribution in [0.25, 0.3) is 0 Å². The third kappa shape index (κ3) is 5.28. The lowest BCUT2D eigenvalue weighted by molar-refractivity contribution is -0.121. The largest absolute Gasteiger partial charge is 0.357 e. The second kappa shape index (κ2) is 8.60. The van der Waals surface area contributed by atoms with Crippen molar-refractivity contribution >= 4 is 11.7 Å². The van der Waals surface area contributed by atoms with Gasteiger partial charge in [-0.25, -0.2) is 9.97 Å². The van der Waals surface area contributed by atoms with E-state index >= 15 is 0 Å². The highest BCUT2D eigenvalue weighted by molar-refractivity contribution is 5.76. The number of hydrogen-bond acceptors (Lipinski definition) is 4. The Balaban J connectivity index is 1.48. The van der Waals surface area contributed by atoms with Gasteiger partial charge in [0.25, 0.3) is 0 Å². The molecule has 25 heavy (non-hydrogen) atoms. The van der Waals surface area contributed by atoms with Crippen molar-refractivity contribution < 1.29 is 4.79 Å². The number of anilines is 1. The van der Waals surface area contributed by atoms with Crippen molar-refractivity contribution in [3.05, 3.63) is 53.5 Å². The Kier molecular flexibility index (Phi) is 5.99. The van der Waals surface area contributed by atoms with Crippen LogP contribution in [0.2, 0.25) is 0 Å². The predicted octanol–water partition coefficient (Wildman–Crippen LogP) is 3.02. The quantitative estimate of drug-likeness (QED) is 0.879. The first-order chi connectivity index (χ1) is 12.2. The molecular weight excluding hydrogens is 312 g/mol. The Bertz CT molecular complexity index is 710. The first-order valence-corrected chi connectivity index (χ1v) is 9.10. The van der Waals surface area contributed by atoms with Crippen LogP contribution in [0.15, 0.2) is 36.5 Å². The maximum atomic E-state index is 12.1. The smallest absolute Gasteiger partial charge is 0.220 e. The van der Waals surface area contributed by atoms with Crippen LogP contribution >= 0.6 is 0 Å². The first-order valence-electron chi connectivity index (χ1n) is 9.10. The van der Waals surface area contributed by atoms with E-state index in [1.54, 1.807) is 6.20 Å². The van der Waals surface area contributed by atoms with Crippen molar-refractivity contribution in [2.75, 3.05) is 18.0 Å². The predicted molar refractivity (Wildman–Crippen MR) is 99.4 cm³/mol. The van der Waals surface area contributed by atoms with Crippen molar-refractivity contribution in [3.8, 4) is 0 Å². The van der Waals surface area contributed by atoms with Gasteiger partial charge in [-0.05, 0) is 44.2 Å². The Hall–Kier alpha value is -2.43. The third-order valence-corrected chi connectivity index (χ3v) is 4.54. The van der Waals surface area contributed by atoms with Gasteiger partial charge in [-0.15, -0.1) is 0 Å². The molecule has 0 radical (unpaired) electrons.